The lowest BCUT2D eigenvalue weighted by Crippen LogP contribution is -2.34. The summed E-state index contributed by atoms with van der Waals surface area (Å²) in [7, 11) is 0. The molecule has 4 heterocycles. The minimum atomic E-state index is -0.309. The molecule has 1 amide bonds. The molecule has 0 aliphatic carbocycles. The highest BCUT2D eigenvalue weighted by Crippen LogP contribution is 2.40. The maximum atomic E-state index is 13.0. The third-order valence-corrected chi connectivity index (χ3v) is 6.09. The molecular weight excluding hydrogens is 354 g/mol. The third kappa shape index (κ3) is 3.11. The standard InChI is InChI=1S/C21H23N5O2/c27-19(17-7-6-16-18(22-17)24-20(28)23-16)26-11-9-21(14-26)8-10-25(13-21)12-15-4-2-1-3-5-15/h1-7H,8-14H2,(H2,22,23,24,28). The molecule has 7 heteroatoms. The van der Waals surface area contributed by atoms with Crippen LogP contribution in [0.4, 0.5) is 0 Å². The third-order valence-electron chi connectivity index (χ3n) is 6.09. The second-order valence-corrected chi connectivity index (χ2v) is 8.09. The number of carbonyl (C=O) groups excluding carboxylic acids is 1. The maximum Gasteiger partial charge on any atom is 0.325 e. The maximum absolute atomic E-state index is 13.0. The van der Waals surface area contributed by atoms with Crippen LogP contribution in [0.15, 0.2) is 47.3 Å². The molecule has 2 aliphatic heterocycles. The molecule has 28 heavy (non-hydrogen) atoms. The van der Waals surface area contributed by atoms with E-state index in [4.69, 9.17) is 0 Å². The minimum absolute atomic E-state index is 0.0534. The largest absolute Gasteiger partial charge is 0.337 e. The molecule has 2 saturated heterocycles. The van der Waals surface area contributed by atoms with Gasteiger partial charge in [-0.15, -0.1) is 0 Å². The van der Waals surface area contributed by atoms with Gasteiger partial charge in [-0.25, -0.2) is 9.78 Å². The number of imidazole rings is 1. The molecule has 144 valence electrons. The van der Waals surface area contributed by atoms with Crippen molar-refractivity contribution in [2.45, 2.75) is 19.4 Å². The van der Waals surface area contributed by atoms with Crippen LogP contribution in [0, 0.1) is 5.41 Å². The number of carbonyl (C=O) groups is 1. The minimum Gasteiger partial charge on any atom is -0.337 e. The van der Waals surface area contributed by atoms with E-state index in [1.165, 1.54) is 5.56 Å². The number of fused-ring (bicyclic) bond motifs is 1. The number of hydrogen-bond donors (Lipinski definition) is 2. The molecule has 1 aromatic carbocycles. The number of pyridine rings is 1. The van der Waals surface area contributed by atoms with E-state index < -0.39 is 0 Å². The quantitative estimate of drug-likeness (QED) is 0.731. The van der Waals surface area contributed by atoms with Crippen molar-refractivity contribution in [3.63, 3.8) is 0 Å². The van der Waals surface area contributed by atoms with Gasteiger partial charge < -0.3 is 9.88 Å². The van der Waals surface area contributed by atoms with Crippen LogP contribution in [0.5, 0.6) is 0 Å². The summed E-state index contributed by atoms with van der Waals surface area (Å²) in [6.07, 6.45) is 2.16. The topological polar surface area (TPSA) is 85.1 Å². The van der Waals surface area contributed by atoms with E-state index in [1.807, 2.05) is 11.0 Å². The van der Waals surface area contributed by atoms with E-state index in [1.54, 1.807) is 12.1 Å². The van der Waals surface area contributed by atoms with Crippen LogP contribution in [0.2, 0.25) is 0 Å². The number of amides is 1. The Bertz CT molecular complexity index is 1070. The van der Waals surface area contributed by atoms with E-state index in [-0.39, 0.29) is 17.0 Å². The van der Waals surface area contributed by atoms with E-state index in [2.05, 4.69) is 44.1 Å². The molecule has 5 rings (SSSR count). The van der Waals surface area contributed by atoms with E-state index >= 15 is 0 Å². The Hall–Kier alpha value is -2.93. The predicted molar refractivity (Wildman–Crippen MR) is 106 cm³/mol. The van der Waals surface area contributed by atoms with Gasteiger partial charge in [-0.3, -0.25) is 14.7 Å². The highest BCUT2D eigenvalue weighted by molar-refractivity contribution is 5.94. The number of rotatable bonds is 3. The molecule has 3 aromatic rings. The number of aromatic nitrogens is 3. The smallest absolute Gasteiger partial charge is 0.325 e. The van der Waals surface area contributed by atoms with E-state index in [0.29, 0.717) is 16.9 Å². The average molecular weight is 377 g/mol. The van der Waals surface area contributed by atoms with Crippen LogP contribution < -0.4 is 5.69 Å². The first-order chi connectivity index (χ1) is 13.6. The van der Waals surface area contributed by atoms with Crippen molar-refractivity contribution in [3.8, 4) is 0 Å². The van der Waals surface area contributed by atoms with Crippen LogP contribution in [-0.4, -0.2) is 56.8 Å². The fourth-order valence-corrected chi connectivity index (χ4v) is 4.64. The SMILES string of the molecule is O=C(c1ccc2[nH]c(=O)[nH]c2n1)N1CCC2(CCN(Cc3ccccc3)C2)C1. The lowest BCUT2D eigenvalue weighted by atomic mass is 9.86. The summed E-state index contributed by atoms with van der Waals surface area (Å²) in [4.78, 5) is 38.4. The number of hydrogen-bond acceptors (Lipinski definition) is 4. The van der Waals surface area contributed by atoms with Gasteiger partial charge in [-0.2, -0.15) is 0 Å². The van der Waals surface area contributed by atoms with Crippen molar-refractivity contribution in [1.82, 2.24) is 24.8 Å². The molecule has 2 N–H and O–H groups in total. The lowest BCUT2D eigenvalue weighted by molar-refractivity contribution is 0.0767. The second-order valence-electron chi connectivity index (χ2n) is 8.09. The first-order valence-electron chi connectivity index (χ1n) is 9.75. The molecule has 7 nitrogen and oxygen atoms in total. The van der Waals surface area contributed by atoms with Gasteiger partial charge in [0.2, 0.25) is 0 Å². The van der Waals surface area contributed by atoms with Gasteiger partial charge in [0, 0.05) is 31.6 Å². The lowest BCUT2D eigenvalue weighted by Gasteiger charge is -2.24. The molecule has 1 atom stereocenters. The van der Waals surface area contributed by atoms with Gasteiger partial charge in [0.25, 0.3) is 5.91 Å². The van der Waals surface area contributed by atoms with Crippen LogP contribution in [0.1, 0.15) is 28.9 Å². The summed E-state index contributed by atoms with van der Waals surface area (Å²) < 4.78 is 0. The van der Waals surface area contributed by atoms with Crippen LogP contribution >= 0.6 is 0 Å². The average Bonchev–Trinajstić information content (AvgIpc) is 3.40. The molecule has 2 aromatic heterocycles. The zero-order valence-electron chi connectivity index (χ0n) is 15.6. The second kappa shape index (κ2) is 6.60. The molecule has 0 saturated carbocycles. The van der Waals surface area contributed by atoms with Crippen molar-refractivity contribution in [3.05, 3.63) is 64.2 Å². The molecule has 1 unspecified atom stereocenters. The van der Waals surface area contributed by atoms with Crippen molar-refractivity contribution in [1.29, 1.82) is 0 Å². The van der Waals surface area contributed by atoms with E-state index in [9.17, 15) is 9.59 Å². The van der Waals surface area contributed by atoms with Crippen LogP contribution in [-0.2, 0) is 6.54 Å². The number of H-pyrrole nitrogens is 2. The molecule has 0 radical (unpaired) electrons. The Labute approximate surface area is 162 Å². The number of nitrogens with one attached hydrogen (secondary N) is 2. The summed E-state index contributed by atoms with van der Waals surface area (Å²) in [6, 6.07) is 14.0. The van der Waals surface area contributed by atoms with Gasteiger partial charge in [0.1, 0.15) is 5.69 Å². The molecule has 0 bridgehead atoms. The highest BCUT2D eigenvalue weighted by atomic mass is 16.2. The van der Waals surface area contributed by atoms with Crippen LogP contribution in [0.3, 0.4) is 0 Å². The summed E-state index contributed by atoms with van der Waals surface area (Å²) in [6.45, 7) is 4.62. The Morgan fingerprint density at radius 1 is 1.04 bits per heavy atom. The summed E-state index contributed by atoms with van der Waals surface area (Å²) in [5, 5.41) is 0. The monoisotopic (exact) mass is 377 g/mol. The van der Waals surface area contributed by atoms with Crippen molar-refractivity contribution in [2.75, 3.05) is 26.2 Å². The van der Waals surface area contributed by atoms with Crippen LogP contribution in [0.25, 0.3) is 11.2 Å². The normalized spacial score (nSPS) is 22.5. The Morgan fingerprint density at radius 3 is 2.71 bits per heavy atom. The summed E-state index contributed by atoms with van der Waals surface area (Å²) in [5.74, 6) is -0.0534. The first-order valence-corrected chi connectivity index (χ1v) is 9.75. The number of nitrogens with zero attached hydrogens (tertiary/aromatic N) is 3. The summed E-state index contributed by atoms with van der Waals surface area (Å²) in [5.41, 5.74) is 2.65. The zero-order valence-corrected chi connectivity index (χ0v) is 15.6. The van der Waals surface area contributed by atoms with Gasteiger partial charge >= 0.3 is 5.69 Å². The number of aromatic amines is 2. The van der Waals surface area contributed by atoms with Gasteiger partial charge in [-0.1, -0.05) is 30.3 Å². The van der Waals surface area contributed by atoms with Crippen molar-refractivity contribution < 1.29 is 4.79 Å². The molecular formula is C21H23N5O2. The van der Waals surface area contributed by atoms with Gasteiger partial charge in [0.15, 0.2) is 5.65 Å². The van der Waals surface area contributed by atoms with Gasteiger partial charge in [-0.05, 0) is 37.1 Å². The highest BCUT2D eigenvalue weighted by Gasteiger charge is 2.44. The predicted octanol–water partition coefficient (Wildman–Crippen LogP) is 1.99. The fraction of sp³-hybridized carbons (Fsp3) is 0.381. The Balaban J connectivity index is 1.27. The van der Waals surface area contributed by atoms with Gasteiger partial charge in [0.05, 0.1) is 5.52 Å². The fourth-order valence-electron chi connectivity index (χ4n) is 4.64. The number of benzene rings is 1. The molecule has 2 aliphatic rings. The van der Waals surface area contributed by atoms with Crippen molar-refractivity contribution >= 4 is 17.1 Å². The molecule has 2 fully saturated rings. The Kier molecular flexibility index (Phi) is 4.05. The summed E-state index contributed by atoms with van der Waals surface area (Å²) >= 11 is 0. The number of likely N-dealkylation sites (tertiary alicyclic amines) is 2. The first kappa shape index (κ1) is 17.2. The molecule has 1 spiro atoms. The van der Waals surface area contributed by atoms with E-state index in [0.717, 1.165) is 45.6 Å². The zero-order chi connectivity index (χ0) is 19.1. The van der Waals surface area contributed by atoms with Crippen molar-refractivity contribution in [2.24, 2.45) is 5.41 Å². The Morgan fingerprint density at radius 2 is 1.86 bits per heavy atom.